The number of anilines is 2. The number of carbonyl (C=O) groups is 6. The fraction of sp³-hybridized carbons (Fsp3) is 0.449. The van der Waals surface area contributed by atoms with Crippen LogP contribution >= 0.6 is 0 Å². The van der Waals surface area contributed by atoms with Crippen molar-refractivity contribution in [1.29, 1.82) is 0 Å². The summed E-state index contributed by atoms with van der Waals surface area (Å²) in [4.78, 5) is 83.1. The van der Waals surface area contributed by atoms with Gasteiger partial charge in [-0.2, -0.15) is 0 Å². The summed E-state index contributed by atoms with van der Waals surface area (Å²) in [7, 11) is 0. The fourth-order valence-corrected chi connectivity index (χ4v) is 9.42. The molecule has 4 aliphatic rings. The van der Waals surface area contributed by atoms with Gasteiger partial charge in [-0.05, 0) is 116 Å². The second kappa shape index (κ2) is 20.7. The van der Waals surface area contributed by atoms with Crippen molar-refractivity contribution in [2.75, 3.05) is 56.7 Å². The Morgan fingerprint density at radius 1 is 0.815 bits per heavy atom. The molecule has 0 bridgehead atoms. The Hall–Kier alpha value is -6.26. The largest absolute Gasteiger partial charge is 0.490 e. The maximum absolute atomic E-state index is 14.0. The van der Waals surface area contributed by atoms with E-state index in [4.69, 9.17) is 14.2 Å². The van der Waals surface area contributed by atoms with Gasteiger partial charge in [0.15, 0.2) is 0 Å². The van der Waals surface area contributed by atoms with Crippen LogP contribution in [0.3, 0.4) is 0 Å². The van der Waals surface area contributed by atoms with Crippen molar-refractivity contribution in [3.63, 3.8) is 0 Å². The maximum atomic E-state index is 14.0. The van der Waals surface area contributed by atoms with Crippen LogP contribution in [0.4, 0.5) is 15.8 Å². The number of pyridine rings is 1. The van der Waals surface area contributed by atoms with Crippen LogP contribution < -0.4 is 20.7 Å². The zero-order chi connectivity index (χ0) is 45.5. The number of fused-ring (bicyclic) bond motifs is 2. The summed E-state index contributed by atoms with van der Waals surface area (Å²) < 4.78 is 31.6. The monoisotopic (exact) mass is 890 g/mol. The van der Waals surface area contributed by atoms with Gasteiger partial charge in [0, 0.05) is 67.8 Å². The van der Waals surface area contributed by atoms with E-state index in [0.717, 1.165) is 47.0 Å². The average Bonchev–Trinajstić information content (AvgIpc) is 3.56. The third-order valence-electron chi connectivity index (χ3n) is 13.1. The van der Waals surface area contributed by atoms with Crippen LogP contribution in [-0.4, -0.2) is 108 Å². The molecular formula is C49H55FN6O9. The molecule has 2 atom stereocenters. The van der Waals surface area contributed by atoms with E-state index in [9.17, 15) is 33.2 Å². The number of nitrogens with one attached hydrogen (secondary N) is 3. The first-order valence-corrected chi connectivity index (χ1v) is 22.7. The molecular weight excluding hydrogens is 836 g/mol. The predicted molar refractivity (Wildman–Crippen MR) is 239 cm³/mol. The van der Waals surface area contributed by atoms with Gasteiger partial charge >= 0.3 is 0 Å². The molecule has 1 saturated carbocycles. The van der Waals surface area contributed by atoms with Gasteiger partial charge in [-0.25, -0.2) is 4.39 Å². The number of hydrogen-bond acceptors (Lipinski definition) is 11. The van der Waals surface area contributed by atoms with Crippen LogP contribution in [0.15, 0.2) is 72.9 Å². The van der Waals surface area contributed by atoms with Gasteiger partial charge in [-0.1, -0.05) is 6.92 Å². The third kappa shape index (κ3) is 10.8. The highest BCUT2D eigenvalue weighted by Crippen LogP contribution is 2.41. The number of aromatic nitrogens is 1. The minimum absolute atomic E-state index is 0.00215. The Balaban J connectivity index is 0.664. The Labute approximate surface area is 376 Å². The minimum atomic E-state index is -1.01. The highest BCUT2D eigenvalue weighted by Gasteiger charge is 2.44. The van der Waals surface area contributed by atoms with Crippen LogP contribution in [0, 0.1) is 17.7 Å². The molecule has 6 amide bonds. The molecule has 8 rings (SSSR count). The summed E-state index contributed by atoms with van der Waals surface area (Å²) in [6, 6.07) is 18.0. The van der Waals surface area contributed by atoms with Gasteiger partial charge in [-0.3, -0.25) is 44.0 Å². The first-order valence-electron chi connectivity index (χ1n) is 22.7. The number of rotatable bonds is 17. The molecule has 1 aromatic heterocycles. The zero-order valence-electron chi connectivity index (χ0n) is 36.5. The van der Waals surface area contributed by atoms with Gasteiger partial charge in [0.1, 0.15) is 23.7 Å². The molecule has 15 nitrogen and oxygen atoms in total. The van der Waals surface area contributed by atoms with Crippen molar-refractivity contribution in [3.8, 4) is 5.75 Å². The minimum Gasteiger partial charge on any atom is -0.490 e. The fourth-order valence-electron chi connectivity index (χ4n) is 9.42. The zero-order valence-corrected chi connectivity index (χ0v) is 36.5. The maximum Gasteiger partial charge on any atom is 0.262 e. The average molecular weight is 891 g/mol. The van der Waals surface area contributed by atoms with Crippen LogP contribution in [0.2, 0.25) is 0 Å². The van der Waals surface area contributed by atoms with Gasteiger partial charge in [0.2, 0.25) is 23.6 Å². The van der Waals surface area contributed by atoms with Crippen molar-refractivity contribution in [2.24, 2.45) is 11.8 Å². The lowest BCUT2D eigenvalue weighted by atomic mass is 9.73. The van der Waals surface area contributed by atoms with Gasteiger partial charge < -0.3 is 29.7 Å². The van der Waals surface area contributed by atoms with Gasteiger partial charge in [0.05, 0.1) is 49.5 Å². The second-order valence-electron chi connectivity index (χ2n) is 17.3. The van der Waals surface area contributed by atoms with Crippen molar-refractivity contribution >= 4 is 57.7 Å². The van der Waals surface area contributed by atoms with E-state index in [-0.39, 0.29) is 72.6 Å². The topological polar surface area (TPSA) is 186 Å². The molecule has 65 heavy (non-hydrogen) atoms. The highest BCUT2D eigenvalue weighted by molar-refractivity contribution is 6.23. The summed E-state index contributed by atoms with van der Waals surface area (Å²) in [6.07, 6.45) is 7.37. The Kier molecular flexibility index (Phi) is 14.4. The van der Waals surface area contributed by atoms with Crippen LogP contribution in [-0.2, 0) is 28.7 Å². The molecule has 1 aliphatic carbocycles. The standard InChI is InChI=1S/C49H55FN6O9/c1-30(31-2-4-32(5-3-31)38-16-20-52-42-13-6-33(50)28-40(38)42)46(59)53-34-7-10-36(11-8-34)65-37-17-22-55(23-18-37)45(58)19-24-63-26-27-64-25-21-51-35-9-12-39-41(29-35)49(62)56(48(39)61)43-14-15-44(57)54-47(43)60/h6-13,16,20,28-32,37,43,51H,2-5,14-15,17-19,21-27H2,1H3,(H,53,59)(H,54,57,60)/t30-,31?,32?,43?/m1/s1. The molecule has 3 fully saturated rings. The van der Waals surface area contributed by atoms with Crippen molar-refractivity contribution in [3.05, 3.63) is 95.4 Å². The van der Waals surface area contributed by atoms with E-state index >= 15 is 0 Å². The number of imide groups is 2. The Bertz CT molecular complexity index is 2410. The van der Waals surface area contributed by atoms with Crippen LogP contribution in [0.1, 0.15) is 96.9 Å². The van der Waals surface area contributed by atoms with Crippen LogP contribution in [0.5, 0.6) is 5.75 Å². The van der Waals surface area contributed by atoms with Crippen molar-refractivity contribution < 1.29 is 47.4 Å². The molecule has 342 valence electrons. The molecule has 1 unspecified atom stereocenters. The highest BCUT2D eigenvalue weighted by atomic mass is 19.1. The number of halogens is 1. The Morgan fingerprint density at radius 2 is 1.54 bits per heavy atom. The Morgan fingerprint density at radius 3 is 2.29 bits per heavy atom. The lowest BCUT2D eigenvalue weighted by Crippen LogP contribution is -2.54. The van der Waals surface area contributed by atoms with Crippen LogP contribution in [0.25, 0.3) is 10.9 Å². The second-order valence-corrected chi connectivity index (χ2v) is 17.3. The SMILES string of the molecule is C[C@@H](C(=O)Nc1ccc(OC2CCN(C(=O)CCOCCOCCNc3ccc4c(c3)C(=O)N(C3CCC(=O)NC3=O)C4=O)CC2)cc1)C1CCC(c2ccnc3ccc(F)cc23)CC1. The number of likely N-dealkylation sites (tertiary alicyclic amines) is 1. The third-order valence-corrected chi connectivity index (χ3v) is 13.1. The van der Waals surface area contributed by atoms with E-state index < -0.39 is 29.7 Å². The lowest BCUT2D eigenvalue weighted by molar-refractivity contribution is -0.136. The first-order chi connectivity index (χ1) is 31.5. The van der Waals surface area contributed by atoms with E-state index in [1.807, 2.05) is 42.2 Å². The molecule has 3 N–H and O–H groups in total. The van der Waals surface area contributed by atoms with Gasteiger partial charge in [-0.15, -0.1) is 0 Å². The molecule has 2 saturated heterocycles. The van der Waals surface area contributed by atoms with E-state index in [1.54, 1.807) is 36.5 Å². The summed E-state index contributed by atoms with van der Waals surface area (Å²) >= 11 is 0. The normalized spacial score (nSPS) is 20.7. The molecule has 0 radical (unpaired) electrons. The summed E-state index contributed by atoms with van der Waals surface area (Å²) in [5.74, 6) is -1.26. The molecule has 16 heteroatoms. The summed E-state index contributed by atoms with van der Waals surface area (Å²) in [5, 5.41) is 9.31. The number of benzene rings is 3. The number of piperidine rings is 2. The predicted octanol–water partition coefficient (Wildman–Crippen LogP) is 6.23. The number of amides is 6. The smallest absolute Gasteiger partial charge is 0.262 e. The molecule has 4 aromatic rings. The number of hydrogen-bond donors (Lipinski definition) is 3. The summed E-state index contributed by atoms with van der Waals surface area (Å²) in [5.41, 5.74) is 3.70. The molecule has 0 spiro atoms. The van der Waals surface area contributed by atoms with Crippen molar-refractivity contribution in [1.82, 2.24) is 20.1 Å². The van der Waals surface area contributed by atoms with Gasteiger partial charge in [0.25, 0.3) is 11.8 Å². The summed E-state index contributed by atoms with van der Waals surface area (Å²) in [6.45, 7) is 4.92. The number of ether oxygens (including phenoxy) is 3. The lowest BCUT2D eigenvalue weighted by Gasteiger charge is -2.32. The molecule has 3 aliphatic heterocycles. The quantitative estimate of drug-likeness (QED) is 0.0807. The van der Waals surface area contributed by atoms with E-state index in [1.165, 1.54) is 6.07 Å². The number of carbonyl (C=O) groups excluding carboxylic acids is 6. The van der Waals surface area contributed by atoms with Crippen molar-refractivity contribution in [2.45, 2.75) is 82.8 Å². The molecule has 3 aromatic carbocycles. The number of nitrogens with zero attached hydrogens (tertiary/aromatic N) is 3. The molecule has 4 heterocycles. The first kappa shape index (κ1) is 45.3. The van der Waals surface area contributed by atoms with E-state index in [2.05, 4.69) is 20.9 Å². The van der Waals surface area contributed by atoms with E-state index in [0.29, 0.717) is 75.3 Å².